The standard InChI is InChI=1S/C18H25N3OS/c1-13(2)17-11-20-18(23-17)12-19-15-5-3-4-6-16(15)21-9-7-14(22)8-10-21/h3-6,11,13-14,19,22H,7-10,12H2,1-2H3. The molecule has 1 aliphatic heterocycles. The van der Waals surface area contributed by atoms with Crippen molar-refractivity contribution in [2.45, 2.75) is 45.3 Å². The van der Waals surface area contributed by atoms with Crippen molar-refractivity contribution in [3.05, 3.63) is 40.3 Å². The van der Waals surface area contributed by atoms with Crippen LogP contribution in [0.4, 0.5) is 11.4 Å². The minimum Gasteiger partial charge on any atom is -0.393 e. The predicted molar refractivity (Wildman–Crippen MR) is 97.4 cm³/mol. The second kappa shape index (κ2) is 7.32. The predicted octanol–water partition coefficient (Wildman–Crippen LogP) is 3.84. The molecule has 0 bridgehead atoms. The highest BCUT2D eigenvalue weighted by molar-refractivity contribution is 7.11. The van der Waals surface area contributed by atoms with Gasteiger partial charge in [-0.15, -0.1) is 11.3 Å². The number of anilines is 2. The lowest BCUT2D eigenvalue weighted by atomic mass is 10.1. The van der Waals surface area contributed by atoms with E-state index in [2.05, 4.69) is 53.3 Å². The van der Waals surface area contributed by atoms with Gasteiger partial charge in [0.25, 0.3) is 0 Å². The Labute approximate surface area is 142 Å². The van der Waals surface area contributed by atoms with Gasteiger partial charge in [-0.2, -0.15) is 0 Å². The molecular weight excluding hydrogens is 306 g/mol. The van der Waals surface area contributed by atoms with Crippen molar-refractivity contribution in [1.29, 1.82) is 0 Å². The lowest BCUT2D eigenvalue weighted by Crippen LogP contribution is -2.36. The van der Waals surface area contributed by atoms with E-state index in [0.29, 0.717) is 5.92 Å². The van der Waals surface area contributed by atoms with Gasteiger partial charge in [-0.05, 0) is 30.9 Å². The fraction of sp³-hybridized carbons (Fsp3) is 0.500. The highest BCUT2D eigenvalue weighted by atomic mass is 32.1. The van der Waals surface area contributed by atoms with Gasteiger partial charge in [0.15, 0.2) is 0 Å². The average molecular weight is 331 g/mol. The fourth-order valence-electron chi connectivity index (χ4n) is 2.85. The summed E-state index contributed by atoms with van der Waals surface area (Å²) in [5.41, 5.74) is 2.37. The molecule has 124 valence electrons. The van der Waals surface area contributed by atoms with Crippen molar-refractivity contribution >= 4 is 22.7 Å². The van der Waals surface area contributed by atoms with Crippen LogP contribution >= 0.6 is 11.3 Å². The number of hydrogen-bond acceptors (Lipinski definition) is 5. The molecule has 0 radical (unpaired) electrons. The van der Waals surface area contributed by atoms with Crippen LogP contribution in [0, 0.1) is 0 Å². The molecule has 1 saturated heterocycles. The molecule has 2 aromatic rings. The van der Waals surface area contributed by atoms with E-state index in [0.717, 1.165) is 43.2 Å². The molecule has 0 spiro atoms. The summed E-state index contributed by atoms with van der Waals surface area (Å²) in [5.74, 6) is 0.535. The number of para-hydroxylation sites is 2. The second-order valence-electron chi connectivity index (χ2n) is 6.40. The third-order valence-corrected chi connectivity index (χ3v) is 5.58. The van der Waals surface area contributed by atoms with E-state index < -0.39 is 0 Å². The minimum absolute atomic E-state index is 0.142. The van der Waals surface area contributed by atoms with E-state index in [1.165, 1.54) is 10.6 Å². The molecule has 3 rings (SSSR count). The topological polar surface area (TPSA) is 48.4 Å². The molecule has 1 aliphatic rings. The Morgan fingerprint density at radius 2 is 2.04 bits per heavy atom. The van der Waals surface area contributed by atoms with Crippen molar-refractivity contribution in [2.24, 2.45) is 0 Å². The summed E-state index contributed by atoms with van der Waals surface area (Å²) >= 11 is 1.78. The van der Waals surface area contributed by atoms with Crippen molar-refractivity contribution in [2.75, 3.05) is 23.3 Å². The number of aliphatic hydroxyl groups is 1. The van der Waals surface area contributed by atoms with E-state index in [1.54, 1.807) is 11.3 Å². The van der Waals surface area contributed by atoms with Crippen LogP contribution in [0.2, 0.25) is 0 Å². The van der Waals surface area contributed by atoms with E-state index in [9.17, 15) is 5.11 Å². The molecule has 2 heterocycles. The summed E-state index contributed by atoms with van der Waals surface area (Å²) in [6, 6.07) is 8.41. The molecule has 0 saturated carbocycles. The monoisotopic (exact) mass is 331 g/mol. The first-order chi connectivity index (χ1) is 11.1. The molecule has 2 N–H and O–H groups in total. The molecule has 0 unspecified atom stereocenters. The third-order valence-electron chi connectivity index (χ3n) is 4.28. The van der Waals surface area contributed by atoms with Gasteiger partial charge in [-0.25, -0.2) is 4.98 Å². The van der Waals surface area contributed by atoms with Crippen LogP contribution in [0.3, 0.4) is 0 Å². The Morgan fingerprint density at radius 1 is 1.30 bits per heavy atom. The van der Waals surface area contributed by atoms with Crippen LogP contribution in [0.15, 0.2) is 30.5 Å². The molecule has 23 heavy (non-hydrogen) atoms. The normalized spacial score (nSPS) is 16.1. The number of benzene rings is 1. The number of piperidine rings is 1. The van der Waals surface area contributed by atoms with Gasteiger partial charge in [-0.1, -0.05) is 26.0 Å². The lowest BCUT2D eigenvalue weighted by Gasteiger charge is -2.32. The first kappa shape index (κ1) is 16.3. The molecule has 0 aliphatic carbocycles. The maximum atomic E-state index is 9.69. The molecule has 0 amide bonds. The number of nitrogens with zero attached hydrogens (tertiary/aromatic N) is 2. The molecule has 1 fully saturated rings. The van der Waals surface area contributed by atoms with Crippen molar-refractivity contribution < 1.29 is 5.11 Å². The zero-order valence-electron chi connectivity index (χ0n) is 13.8. The first-order valence-electron chi connectivity index (χ1n) is 8.34. The largest absolute Gasteiger partial charge is 0.393 e. The Balaban J connectivity index is 1.68. The summed E-state index contributed by atoms with van der Waals surface area (Å²) in [5, 5.41) is 14.3. The lowest BCUT2D eigenvalue weighted by molar-refractivity contribution is 0.145. The van der Waals surface area contributed by atoms with E-state index in [4.69, 9.17) is 0 Å². The van der Waals surface area contributed by atoms with Gasteiger partial charge >= 0.3 is 0 Å². The van der Waals surface area contributed by atoms with Crippen molar-refractivity contribution in [3.63, 3.8) is 0 Å². The maximum absolute atomic E-state index is 9.69. The Morgan fingerprint density at radius 3 is 2.74 bits per heavy atom. The summed E-state index contributed by atoms with van der Waals surface area (Å²) in [7, 11) is 0. The highest BCUT2D eigenvalue weighted by Crippen LogP contribution is 2.29. The van der Waals surface area contributed by atoms with Gasteiger partial charge in [0, 0.05) is 24.2 Å². The van der Waals surface area contributed by atoms with Crippen molar-refractivity contribution in [1.82, 2.24) is 4.98 Å². The molecule has 4 nitrogen and oxygen atoms in total. The molecule has 0 atom stereocenters. The quantitative estimate of drug-likeness (QED) is 0.874. The number of nitrogens with one attached hydrogen (secondary N) is 1. The van der Waals surface area contributed by atoms with Gasteiger partial charge in [0.05, 0.1) is 24.0 Å². The fourth-order valence-corrected chi connectivity index (χ4v) is 3.71. The maximum Gasteiger partial charge on any atom is 0.112 e. The molecule has 5 heteroatoms. The van der Waals surface area contributed by atoms with E-state index in [1.807, 2.05) is 6.20 Å². The number of rotatable bonds is 5. The van der Waals surface area contributed by atoms with E-state index >= 15 is 0 Å². The van der Waals surface area contributed by atoms with Gasteiger partial charge in [-0.3, -0.25) is 0 Å². The highest BCUT2D eigenvalue weighted by Gasteiger charge is 2.19. The molecule has 1 aromatic carbocycles. The SMILES string of the molecule is CC(C)c1cnc(CNc2ccccc2N2CCC(O)CC2)s1. The van der Waals surface area contributed by atoms with Crippen LogP contribution in [0.25, 0.3) is 0 Å². The van der Waals surface area contributed by atoms with Crippen LogP contribution in [-0.4, -0.2) is 29.3 Å². The smallest absolute Gasteiger partial charge is 0.112 e. The van der Waals surface area contributed by atoms with Crippen LogP contribution in [0.1, 0.15) is 42.5 Å². The Bertz CT molecular complexity index is 633. The molecular formula is C18H25N3OS. The minimum atomic E-state index is -0.142. The van der Waals surface area contributed by atoms with Gasteiger partial charge < -0.3 is 15.3 Å². The Hall–Kier alpha value is -1.59. The number of aliphatic hydroxyl groups excluding tert-OH is 1. The summed E-state index contributed by atoms with van der Waals surface area (Å²) in [6.45, 7) is 6.98. The number of hydrogen-bond donors (Lipinski definition) is 2. The summed E-state index contributed by atoms with van der Waals surface area (Å²) in [6.07, 6.45) is 3.54. The zero-order chi connectivity index (χ0) is 16.2. The van der Waals surface area contributed by atoms with E-state index in [-0.39, 0.29) is 6.10 Å². The van der Waals surface area contributed by atoms with Gasteiger partial charge in [0.1, 0.15) is 5.01 Å². The molecule has 1 aromatic heterocycles. The first-order valence-corrected chi connectivity index (χ1v) is 9.15. The summed E-state index contributed by atoms with van der Waals surface area (Å²) in [4.78, 5) is 8.20. The van der Waals surface area contributed by atoms with Crippen LogP contribution in [0.5, 0.6) is 0 Å². The zero-order valence-corrected chi connectivity index (χ0v) is 14.6. The second-order valence-corrected chi connectivity index (χ2v) is 7.55. The van der Waals surface area contributed by atoms with Crippen LogP contribution in [-0.2, 0) is 6.54 Å². The summed E-state index contributed by atoms with van der Waals surface area (Å²) < 4.78 is 0. The third kappa shape index (κ3) is 4.03. The van der Waals surface area contributed by atoms with Crippen LogP contribution < -0.4 is 10.2 Å². The number of thiazole rings is 1. The number of aromatic nitrogens is 1. The van der Waals surface area contributed by atoms with Gasteiger partial charge in [0.2, 0.25) is 0 Å². The average Bonchev–Trinajstić information content (AvgIpc) is 3.03. The van der Waals surface area contributed by atoms with Crippen molar-refractivity contribution in [3.8, 4) is 0 Å². The Kier molecular flexibility index (Phi) is 5.18.